The van der Waals surface area contributed by atoms with Gasteiger partial charge in [-0.2, -0.15) is 0 Å². The van der Waals surface area contributed by atoms with Crippen molar-refractivity contribution in [1.82, 2.24) is 4.98 Å². The quantitative estimate of drug-likeness (QED) is 0.247. The fraction of sp³-hybridized carbons (Fsp3) is 0.161. The van der Waals surface area contributed by atoms with Crippen LogP contribution in [0.15, 0.2) is 102 Å². The number of ketones is 1. The molecular formula is C31H26ClNO3. The number of aryl methyl sites for hydroxylation is 1. The third-order valence-corrected chi connectivity index (χ3v) is 6.78. The molecular weight excluding hydrogens is 470 g/mol. The van der Waals surface area contributed by atoms with Crippen LogP contribution in [0.2, 0.25) is 5.02 Å². The number of pyridine rings is 1. The minimum atomic E-state index is -0.878. The summed E-state index contributed by atoms with van der Waals surface area (Å²) in [4.78, 5) is 17.3. The number of aliphatic hydroxyl groups excluding tert-OH is 1. The lowest BCUT2D eigenvalue weighted by Crippen LogP contribution is -2.11. The summed E-state index contributed by atoms with van der Waals surface area (Å²) in [6, 6.07) is 27.1. The van der Waals surface area contributed by atoms with Crippen LogP contribution in [0.5, 0.6) is 0 Å². The lowest BCUT2D eigenvalue weighted by molar-refractivity contribution is -0.118. The predicted molar refractivity (Wildman–Crippen MR) is 142 cm³/mol. The first-order valence-electron chi connectivity index (χ1n) is 11.9. The van der Waals surface area contributed by atoms with Crippen LogP contribution in [0.1, 0.15) is 52.0 Å². The van der Waals surface area contributed by atoms with Crippen LogP contribution in [-0.4, -0.2) is 15.9 Å². The maximum Gasteiger partial charge on any atom is 0.138 e. The van der Waals surface area contributed by atoms with Gasteiger partial charge >= 0.3 is 0 Å². The fourth-order valence-corrected chi connectivity index (χ4v) is 4.97. The average Bonchev–Trinajstić information content (AvgIpc) is 3.32. The number of aromatic nitrogens is 1. The molecule has 180 valence electrons. The summed E-state index contributed by atoms with van der Waals surface area (Å²) in [6.07, 6.45) is 3.05. The third kappa shape index (κ3) is 5.25. The number of furan rings is 1. The van der Waals surface area contributed by atoms with E-state index in [2.05, 4.69) is 4.98 Å². The van der Waals surface area contributed by atoms with E-state index in [4.69, 9.17) is 16.0 Å². The summed E-state index contributed by atoms with van der Waals surface area (Å²) < 4.78 is 5.88. The molecule has 2 heterocycles. The number of fused-ring (bicyclic) bond motifs is 1. The molecule has 0 radical (unpaired) electrons. The maximum atomic E-state index is 13.3. The second-order valence-electron chi connectivity index (χ2n) is 9.11. The molecule has 0 saturated heterocycles. The van der Waals surface area contributed by atoms with Gasteiger partial charge in [0.25, 0.3) is 0 Å². The van der Waals surface area contributed by atoms with Gasteiger partial charge in [-0.1, -0.05) is 60.1 Å². The van der Waals surface area contributed by atoms with Gasteiger partial charge in [0.15, 0.2) is 0 Å². The molecule has 5 rings (SSSR count). The van der Waals surface area contributed by atoms with Crippen molar-refractivity contribution in [3.8, 4) is 0 Å². The highest BCUT2D eigenvalue weighted by atomic mass is 35.5. The van der Waals surface area contributed by atoms with Gasteiger partial charge in [-0.25, -0.2) is 0 Å². The first-order chi connectivity index (χ1) is 17.5. The molecule has 2 atom stereocenters. The Labute approximate surface area is 215 Å². The zero-order valence-electron chi connectivity index (χ0n) is 19.9. The largest absolute Gasteiger partial charge is 0.458 e. The topological polar surface area (TPSA) is 63.3 Å². The molecule has 0 saturated carbocycles. The van der Waals surface area contributed by atoms with Crippen LogP contribution in [0, 0.1) is 6.92 Å². The fourth-order valence-electron chi connectivity index (χ4n) is 4.60. The van der Waals surface area contributed by atoms with Crippen molar-refractivity contribution in [2.45, 2.75) is 31.8 Å². The lowest BCUT2D eigenvalue weighted by atomic mass is 9.85. The number of hydrogen-bond acceptors (Lipinski definition) is 4. The third-order valence-electron chi connectivity index (χ3n) is 6.46. The van der Waals surface area contributed by atoms with Crippen molar-refractivity contribution in [2.24, 2.45) is 0 Å². The van der Waals surface area contributed by atoms with Gasteiger partial charge < -0.3 is 9.52 Å². The number of carbonyl (C=O) groups is 1. The summed E-state index contributed by atoms with van der Waals surface area (Å²) in [6.45, 7) is 2.01. The molecule has 5 aromatic rings. The molecule has 2 aromatic heterocycles. The summed E-state index contributed by atoms with van der Waals surface area (Å²) in [7, 11) is 0. The number of carbonyl (C=O) groups excluding carboxylic acids is 1. The van der Waals surface area contributed by atoms with Crippen molar-refractivity contribution in [3.63, 3.8) is 0 Å². The van der Waals surface area contributed by atoms with Crippen molar-refractivity contribution in [2.75, 3.05) is 0 Å². The van der Waals surface area contributed by atoms with E-state index in [9.17, 15) is 9.90 Å². The molecule has 2 unspecified atom stereocenters. The van der Waals surface area contributed by atoms with E-state index in [1.165, 1.54) is 0 Å². The first-order valence-corrected chi connectivity index (χ1v) is 12.3. The Bertz CT molecular complexity index is 1490. The Kier molecular flexibility index (Phi) is 6.99. The van der Waals surface area contributed by atoms with Crippen molar-refractivity contribution in [1.29, 1.82) is 0 Å². The minimum absolute atomic E-state index is 0.119. The van der Waals surface area contributed by atoms with Crippen molar-refractivity contribution >= 4 is 28.4 Å². The second kappa shape index (κ2) is 10.5. The molecule has 1 N–H and O–H groups in total. The molecule has 0 aliphatic carbocycles. The van der Waals surface area contributed by atoms with Gasteiger partial charge in [0, 0.05) is 41.6 Å². The Hall–Kier alpha value is -3.73. The second-order valence-corrected chi connectivity index (χ2v) is 9.52. The summed E-state index contributed by atoms with van der Waals surface area (Å²) in [5.41, 5.74) is 5.39. The Morgan fingerprint density at radius 1 is 0.944 bits per heavy atom. The number of aliphatic hydroxyl groups is 1. The maximum absolute atomic E-state index is 13.3. The molecule has 0 spiro atoms. The number of Topliss-reactive ketones (excluding diaryl/α,β-unsaturated/α-hetero) is 1. The average molecular weight is 496 g/mol. The van der Waals surface area contributed by atoms with E-state index < -0.39 is 6.10 Å². The SMILES string of the molecule is Cc1ccc(C(CC(=O)Cc2ccc3oc(C(O)c4ccncc4)cc3c2)c2ccccc2)c(Cl)c1. The Balaban J connectivity index is 1.36. The van der Waals surface area contributed by atoms with E-state index in [1.54, 1.807) is 24.5 Å². The molecule has 0 fully saturated rings. The van der Waals surface area contributed by atoms with E-state index >= 15 is 0 Å². The van der Waals surface area contributed by atoms with Crippen LogP contribution in [0.4, 0.5) is 0 Å². The van der Waals surface area contributed by atoms with Gasteiger partial charge in [0.05, 0.1) is 0 Å². The Morgan fingerprint density at radius 2 is 1.72 bits per heavy atom. The molecule has 0 aliphatic rings. The minimum Gasteiger partial charge on any atom is -0.458 e. The predicted octanol–water partition coefficient (Wildman–Crippen LogP) is 7.21. The first kappa shape index (κ1) is 24.0. The summed E-state index contributed by atoms with van der Waals surface area (Å²) in [5.74, 6) is 0.463. The monoisotopic (exact) mass is 495 g/mol. The van der Waals surface area contributed by atoms with Crippen molar-refractivity contribution in [3.05, 3.63) is 136 Å². The molecule has 36 heavy (non-hydrogen) atoms. The molecule has 3 aromatic carbocycles. The highest BCUT2D eigenvalue weighted by molar-refractivity contribution is 6.31. The molecule has 0 amide bonds. The molecule has 5 heteroatoms. The molecule has 0 aliphatic heterocycles. The highest BCUT2D eigenvalue weighted by Gasteiger charge is 2.21. The summed E-state index contributed by atoms with van der Waals surface area (Å²) >= 11 is 6.61. The van der Waals surface area contributed by atoms with Gasteiger partial charge in [-0.15, -0.1) is 0 Å². The van der Waals surface area contributed by atoms with Gasteiger partial charge in [-0.05, 0) is 71.1 Å². The van der Waals surface area contributed by atoms with E-state index in [0.717, 1.165) is 27.6 Å². The van der Waals surface area contributed by atoms with Crippen LogP contribution in [0.25, 0.3) is 11.0 Å². The van der Waals surface area contributed by atoms with Crippen LogP contribution < -0.4 is 0 Å². The number of benzene rings is 3. The zero-order valence-corrected chi connectivity index (χ0v) is 20.7. The summed E-state index contributed by atoms with van der Waals surface area (Å²) in [5, 5.41) is 12.2. The zero-order chi connectivity index (χ0) is 25.1. The molecule has 0 bridgehead atoms. The van der Waals surface area contributed by atoms with Crippen LogP contribution in [-0.2, 0) is 11.2 Å². The number of nitrogens with zero attached hydrogens (tertiary/aromatic N) is 1. The van der Waals surface area contributed by atoms with Crippen LogP contribution >= 0.6 is 11.6 Å². The smallest absolute Gasteiger partial charge is 0.138 e. The number of halogens is 1. The van der Waals surface area contributed by atoms with Gasteiger partial charge in [0.1, 0.15) is 23.2 Å². The van der Waals surface area contributed by atoms with E-state index in [0.29, 0.717) is 34.8 Å². The Morgan fingerprint density at radius 3 is 2.47 bits per heavy atom. The lowest BCUT2D eigenvalue weighted by Gasteiger charge is -2.19. The normalized spacial score (nSPS) is 13.0. The van der Waals surface area contributed by atoms with Crippen molar-refractivity contribution < 1.29 is 14.3 Å². The van der Waals surface area contributed by atoms with E-state index in [1.807, 2.05) is 79.7 Å². The van der Waals surface area contributed by atoms with Crippen LogP contribution in [0.3, 0.4) is 0 Å². The number of hydrogen-bond donors (Lipinski definition) is 1. The van der Waals surface area contributed by atoms with Gasteiger partial charge in [-0.3, -0.25) is 9.78 Å². The van der Waals surface area contributed by atoms with Gasteiger partial charge in [0.2, 0.25) is 0 Å². The van der Waals surface area contributed by atoms with E-state index in [-0.39, 0.29) is 11.7 Å². The molecule has 4 nitrogen and oxygen atoms in total. The highest BCUT2D eigenvalue weighted by Crippen LogP contribution is 2.34. The standard InChI is InChI=1S/C31H26ClNO3/c1-20-7-9-26(28(32)15-20)27(22-5-3-2-4-6-22)19-25(34)17-21-8-10-29-24(16-21)18-30(36-29)31(35)23-11-13-33-14-12-23/h2-16,18,27,31,35H,17,19H2,1H3. The number of rotatable bonds is 8.